The number of hydrogen-bond acceptors (Lipinski definition) is 6. The summed E-state index contributed by atoms with van der Waals surface area (Å²) in [6.45, 7) is 3.72. The van der Waals surface area contributed by atoms with E-state index >= 15 is 0 Å². The first-order valence-electron chi connectivity index (χ1n) is 9.79. The Morgan fingerprint density at radius 3 is 2.35 bits per heavy atom. The highest BCUT2D eigenvalue weighted by Crippen LogP contribution is 2.32. The minimum Gasteiger partial charge on any atom is -0.462 e. The highest BCUT2D eigenvalue weighted by Gasteiger charge is 2.40. The summed E-state index contributed by atoms with van der Waals surface area (Å²) in [4.78, 5) is 20.5. The number of carbonyl (C=O) groups excluding carboxylic acids is 1. The zero-order valence-corrected chi connectivity index (χ0v) is 19.7. The van der Waals surface area contributed by atoms with Crippen LogP contribution in [0.4, 0.5) is 11.5 Å². The zero-order chi connectivity index (χ0) is 22.8. The van der Waals surface area contributed by atoms with Crippen molar-refractivity contribution >= 4 is 51.4 Å². The van der Waals surface area contributed by atoms with Crippen molar-refractivity contribution in [1.29, 1.82) is 0 Å². The van der Waals surface area contributed by atoms with Crippen molar-refractivity contribution in [3.8, 4) is 5.75 Å². The van der Waals surface area contributed by atoms with Gasteiger partial charge in [0.15, 0.2) is 0 Å². The lowest BCUT2D eigenvalue weighted by atomic mass is 10.1. The third-order valence-corrected chi connectivity index (χ3v) is 5.65. The van der Waals surface area contributed by atoms with E-state index in [2.05, 4.69) is 4.98 Å². The summed E-state index contributed by atoms with van der Waals surface area (Å²) < 4.78 is 11.2. The number of hydrogen-bond donors (Lipinski definition) is 0. The van der Waals surface area contributed by atoms with Crippen LogP contribution in [-0.2, 0) is 9.53 Å². The number of fused-ring (bicyclic) bond motifs is 1. The molecule has 8 heteroatoms. The van der Waals surface area contributed by atoms with Crippen molar-refractivity contribution in [1.82, 2.24) is 9.88 Å². The Bertz CT molecular complexity index is 1090. The zero-order valence-electron chi connectivity index (χ0n) is 18.1. The van der Waals surface area contributed by atoms with Crippen molar-refractivity contribution in [2.75, 3.05) is 32.6 Å². The van der Waals surface area contributed by atoms with Crippen LogP contribution < -0.4 is 9.64 Å². The van der Waals surface area contributed by atoms with E-state index in [9.17, 15) is 4.79 Å². The first-order valence-corrected chi connectivity index (χ1v) is 10.5. The fraction of sp³-hybridized carbons (Fsp3) is 0.304. The molecule has 1 aromatic heterocycles. The molecule has 1 atom stereocenters. The van der Waals surface area contributed by atoms with Gasteiger partial charge in [0.05, 0.1) is 6.61 Å². The maximum atomic E-state index is 12.4. The Balaban J connectivity index is 1.85. The van der Waals surface area contributed by atoms with Crippen molar-refractivity contribution in [2.45, 2.75) is 19.6 Å². The van der Waals surface area contributed by atoms with Gasteiger partial charge >= 0.3 is 5.97 Å². The molecule has 6 nitrogen and oxygen atoms in total. The second-order valence-corrected chi connectivity index (χ2v) is 8.18. The SMILES string of the molecule is CCOC(=O)C(C)(Oc1ccc(N(C)c2cc3ccc(Cl)cc3c(Cl)n2)cc1)N(C)C. The molecule has 0 fully saturated rings. The summed E-state index contributed by atoms with van der Waals surface area (Å²) in [6, 6.07) is 14.9. The standard InChI is InChI=1S/C23H25Cl2N3O3/c1-6-30-22(29)23(2,27(3)4)31-18-11-9-17(10-12-18)28(5)20-13-15-7-8-16(24)14-19(15)21(25)26-20/h7-14H,6H2,1-5H3. The van der Waals surface area contributed by atoms with Crippen LogP contribution in [0.3, 0.4) is 0 Å². The normalized spacial score (nSPS) is 13.2. The quantitative estimate of drug-likeness (QED) is 0.262. The average molecular weight is 462 g/mol. The molecular formula is C23H25Cl2N3O3. The number of likely N-dealkylation sites (N-methyl/N-ethyl adjacent to an activating group) is 1. The van der Waals surface area contributed by atoms with Crippen LogP contribution in [0, 0.1) is 0 Å². The van der Waals surface area contributed by atoms with Gasteiger partial charge in [0.1, 0.15) is 16.7 Å². The average Bonchev–Trinajstić information content (AvgIpc) is 2.74. The fourth-order valence-corrected chi connectivity index (χ4v) is 3.44. The third kappa shape index (κ3) is 4.87. The van der Waals surface area contributed by atoms with Crippen LogP contribution in [0.5, 0.6) is 5.75 Å². The number of benzene rings is 2. The van der Waals surface area contributed by atoms with Gasteiger partial charge in [-0.15, -0.1) is 0 Å². The Kier molecular flexibility index (Phi) is 6.94. The predicted molar refractivity (Wildman–Crippen MR) is 126 cm³/mol. The van der Waals surface area contributed by atoms with Gasteiger partial charge in [0.2, 0.25) is 0 Å². The molecule has 0 saturated carbocycles. The van der Waals surface area contributed by atoms with E-state index in [-0.39, 0.29) is 6.61 Å². The summed E-state index contributed by atoms with van der Waals surface area (Å²) in [7, 11) is 5.43. The van der Waals surface area contributed by atoms with Gasteiger partial charge in [-0.25, -0.2) is 9.78 Å². The Morgan fingerprint density at radius 2 is 1.74 bits per heavy atom. The van der Waals surface area contributed by atoms with Crippen LogP contribution in [0.1, 0.15) is 13.8 Å². The van der Waals surface area contributed by atoms with E-state index in [4.69, 9.17) is 32.7 Å². The number of ether oxygens (including phenoxy) is 2. The molecule has 3 rings (SSSR count). The van der Waals surface area contributed by atoms with Crippen molar-refractivity contribution in [3.05, 3.63) is 58.7 Å². The van der Waals surface area contributed by atoms with Crippen LogP contribution in [0.25, 0.3) is 10.8 Å². The molecule has 0 N–H and O–H groups in total. The van der Waals surface area contributed by atoms with E-state index in [1.165, 1.54) is 0 Å². The Hall–Kier alpha value is -2.54. The minimum absolute atomic E-state index is 0.281. The van der Waals surface area contributed by atoms with Crippen LogP contribution in [-0.4, -0.2) is 49.3 Å². The largest absolute Gasteiger partial charge is 0.462 e. The molecule has 0 spiro atoms. The van der Waals surface area contributed by atoms with E-state index in [0.29, 0.717) is 21.7 Å². The minimum atomic E-state index is -1.24. The molecule has 1 unspecified atom stereocenters. The molecule has 31 heavy (non-hydrogen) atoms. The van der Waals surface area contributed by atoms with Gasteiger partial charge < -0.3 is 14.4 Å². The molecular weight excluding hydrogens is 437 g/mol. The smallest absolute Gasteiger partial charge is 0.366 e. The molecule has 0 aliphatic carbocycles. The van der Waals surface area contributed by atoms with Gasteiger partial charge in [-0.3, -0.25) is 4.90 Å². The first-order chi connectivity index (χ1) is 14.7. The molecule has 1 heterocycles. The van der Waals surface area contributed by atoms with Crippen LogP contribution in [0.2, 0.25) is 10.2 Å². The maximum Gasteiger partial charge on any atom is 0.366 e. The molecule has 0 aliphatic heterocycles. The van der Waals surface area contributed by atoms with Gasteiger partial charge in [-0.2, -0.15) is 0 Å². The lowest BCUT2D eigenvalue weighted by Crippen LogP contribution is -2.54. The molecule has 0 aliphatic rings. The lowest BCUT2D eigenvalue weighted by molar-refractivity contribution is -0.174. The van der Waals surface area contributed by atoms with E-state index in [1.807, 2.05) is 42.3 Å². The van der Waals surface area contributed by atoms with Crippen molar-refractivity contribution < 1.29 is 14.3 Å². The lowest BCUT2D eigenvalue weighted by Gasteiger charge is -2.34. The predicted octanol–water partition coefficient (Wildman–Crippen LogP) is 5.53. The number of anilines is 2. The highest BCUT2D eigenvalue weighted by molar-refractivity contribution is 6.36. The van der Waals surface area contributed by atoms with Gasteiger partial charge in [0.25, 0.3) is 5.72 Å². The van der Waals surface area contributed by atoms with E-state index in [0.717, 1.165) is 16.5 Å². The molecule has 0 bridgehead atoms. The van der Waals surface area contributed by atoms with Gasteiger partial charge in [-0.05, 0) is 68.9 Å². The number of esters is 1. The van der Waals surface area contributed by atoms with Crippen molar-refractivity contribution in [2.24, 2.45) is 0 Å². The second kappa shape index (κ2) is 9.30. The number of pyridine rings is 1. The molecule has 0 saturated heterocycles. The monoisotopic (exact) mass is 461 g/mol. The maximum absolute atomic E-state index is 12.4. The summed E-state index contributed by atoms with van der Waals surface area (Å²) in [5.41, 5.74) is -0.357. The highest BCUT2D eigenvalue weighted by atomic mass is 35.5. The number of aromatic nitrogens is 1. The van der Waals surface area contributed by atoms with Crippen LogP contribution >= 0.6 is 23.2 Å². The molecule has 3 aromatic rings. The van der Waals surface area contributed by atoms with Gasteiger partial charge in [-0.1, -0.05) is 29.3 Å². The third-order valence-electron chi connectivity index (χ3n) is 5.13. The number of nitrogens with zero attached hydrogens (tertiary/aromatic N) is 3. The van der Waals surface area contributed by atoms with Gasteiger partial charge in [0, 0.05) is 30.1 Å². The summed E-state index contributed by atoms with van der Waals surface area (Å²) in [5.74, 6) is 0.787. The number of rotatable bonds is 7. The second-order valence-electron chi connectivity index (χ2n) is 7.39. The molecule has 0 amide bonds. The van der Waals surface area contributed by atoms with E-state index < -0.39 is 11.7 Å². The Morgan fingerprint density at radius 1 is 1.06 bits per heavy atom. The molecule has 0 radical (unpaired) electrons. The number of halogens is 2. The topological polar surface area (TPSA) is 54.9 Å². The van der Waals surface area contributed by atoms with Crippen LogP contribution in [0.15, 0.2) is 48.5 Å². The fourth-order valence-electron chi connectivity index (χ4n) is 3.02. The molecule has 164 valence electrons. The Labute approximate surface area is 192 Å². The first kappa shape index (κ1) is 23.1. The summed E-state index contributed by atoms with van der Waals surface area (Å²) >= 11 is 12.4. The summed E-state index contributed by atoms with van der Waals surface area (Å²) in [6.07, 6.45) is 0. The summed E-state index contributed by atoms with van der Waals surface area (Å²) in [5, 5.41) is 2.75. The van der Waals surface area contributed by atoms with Crippen molar-refractivity contribution in [3.63, 3.8) is 0 Å². The molecule has 2 aromatic carbocycles. The number of carbonyl (C=O) groups is 1. The van der Waals surface area contributed by atoms with E-state index in [1.54, 1.807) is 51.0 Å².